The summed E-state index contributed by atoms with van der Waals surface area (Å²) in [4.78, 5) is 23.3. The van der Waals surface area contributed by atoms with Crippen LogP contribution in [0.2, 0.25) is 0 Å². The molecule has 0 aliphatic heterocycles. The molecule has 178 valence electrons. The lowest BCUT2D eigenvalue weighted by atomic mass is 9.78. The molecule has 0 radical (unpaired) electrons. The summed E-state index contributed by atoms with van der Waals surface area (Å²) in [5.74, 6) is 0.603. The molecule has 0 aliphatic carbocycles. The maximum absolute atomic E-state index is 12.5. The fourth-order valence-corrected chi connectivity index (χ4v) is 3.80. The molecule has 0 bridgehead atoms. The summed E-state index contributed by atoms with van der Waals surface area (Å²) in [5.41, 5.74) is 2.91. The summed E-state index contributed by atoms with van der Waals surface area (Å²) in [6.45, 7) is 6.24. The third-order valence-corrected chi connectivity index (χ3v) is 5.94. The Morgan fingerprint density at radius 2 is 1.66 bits per heavy atom. The first-order valence-electron chi connectivity index (χ1n) is 11.2. The Labute approximate surface area is 203 Å². The summed E-state index contributed by atoms with van der Waals surface area (Å²) >= 11 is 0. The molecular formula is C28H26N2O5. The van der Waals surface area contributed by atoms with Crippen molar-refractivity contribution in [1.82, 2.24) is 0 Å². The van der Waals surface area contributed by atoms with Gasteiger partial charge in [-0.05, 0) is 53.9 Å². The van der Waals surface area contributed by atoms with Gasteiger partial charge in [0.2, 0.25) is 0 Å². The van der Waals surface area contributed by atoms with E-state index in [1.165, 1.54) is 29.3 Å². The van der Waals surface area contributed by atoms with Gasteiger partial charge in [-0.15, -0.1) is 0 Å². The number of carbonyl (C=O) groups excluding carboxylic acids is 1. The fourth-order valence-electron chi connectivity index (χ4n) is 3.80. The van der Waals surface area contributed by atoms with E-state index in [9.17, 15) is 14.9 Å². The van der Waals surface area contributed by atoms with Gasteiger partial charge in [0.15, 0.2) is 5.76 Å². The van der Waals surface area contributed by atoms with Crippen molar-refractivity contribution >= 4 is 17.3 Å². The molecule has 7 nitrogen and oxygen atoms in total. The molecular weight excluding hydrogens is 444 g/mol. The molecule has 0 fully saturated rings. The van der Waals surface area contributed by atoms with E-state index in [1.807, 2.05) is 42.5 Å². The summed E-state index contributed by atoms with van der Waals surface area (Å²) in [7, 11) is 0. The second kappa shape index (κ2) is 9.85. The van der Waals surface area contributed by atoms with Crippen molar-refractivity contribution in [2.75, 3.05) is 5.32 Å². The highest BCUT2D eigenvalue weighted by Crippen LogP contribution is 2.32. The van der Waals surface area contributed by atoms with Gasteiger partial charge in [-0.25, -0.2) is 0 Å². The average molecular weight is 471 g/mol. The number of nitrogens with one attached hydrogen (secondary N) is 1. The summed E-state index contributed by atoms with van der Waals surface area (Å²) in [6.07, 6.45) is 0. The highest BCUT2D eigenvalue weighted by atomic mass is 16.6. The number of carbonyl (C=O) groups is 1. The number of anilines is 1. The van der Waals surface area contributed by atoms with Crippen LogP contribution in [-0.2, 0) is 12.0 Å². The zero-order chi connectivity index (χ0) is 25.0. The SMILES string of the molecule is Cc1ccc(NC(=O)c2ccc(COc3ccc(C(C)(C)c4ccccc4)cc3)o2)c([N+](=O)[O-])c1. The number of benzene rings is 3. The standard InChI is InChI=1S/C28H26N2O5/c1-19-9-15-24(25(17-19)30(32)33)29-27(31)26-16-14-23(35-26)18-34-22-12-10-21(11-13-22)28(2,3)20-7-5-4-6-8-20/h4-17H,18H2,1-3H3,(H,29,31). The van der Waals surface area contributed by atoms with E-state index in [0.717, 1.165) is 5.56 Å². The van der Waals surface area contributed by atoms with E-state index in [2.05, 4.69) is 31.3 Å². The van der Waals surface area contributed by atoms with E-state index in [-0.39, 0.29) is 29.2 Å². The summed E-state index contributed by atoms with van der Waals surface area (Å²) in [6, 6.07) is 26.0. The van der Waals surface area contributed by atoms with Crippen molar-refractivity contribution in [2.45, 2.75) is 32.8 Å². The number of nitrogens with zero attached hydrogens (tertiary/aromatic N) is 1. The van der Waals surface area contributed by atoms with Crippen LogP contribution in [0.15, 0.2) is 89.3 Å². The molecule has 0 atom stereocenters. The van der Waals surface area contributed by atoms with Crippen molar-refractivity contribution < 1.29 is 18.9 Å². The van der Waals surface area contributed by atoms with Crippen LogP contribution in [0.1, 0.15) is 46.9 Å². The molecule has 4 rings (SSSR count). The van der Waals surface area contributed by atoms with Gasteiger partial charge >= 0.3 is 0 Å². The van der Waals surface area contributed by atoms with Crippen LogP contribution in [0.4, 0.5) is 11.4 Å². The number of aryl methyl sites for hydroxylation is 1. The molecule has 0 saturated heterocycles. The van der Waals surface area contributed by atoms with Crippen molar-refractivity contribution in [3.05, 3.63) is 123 Å². The number of nitro groups is 1. The van der Waals surface area contributed by atoms with Gasteiger partial charge in [-0.3, -0.25) is 14.9 Å². The molecule has 0 spiro atoms. The van der Waals surface area contributed by atoms with E-state index >= 15 is 0 Å². The van der Waals surface area contributed by atoms with Crippen molar-refractivity contribution in [3.8, 4) is 5.75 Å². The van der Waals surface area contributed by atoms with Gasteiger partial charge in [0.25, 0.3) is 11.6 Å². The Balaban J connectivity index is 1.38. The van der Waals surface area contributed by atoms with Gasteiger partial charge in [-0.1, -0.05) is 62.4 Å². The molecule has 0 unspecified atom stereocenters. The highest BCUT2D eigenvalue weighted by Gasteiger charge is 2.23. The Kier molecular flexibility index (Phi) is 6.68. The predicted octanol–water partition coefficient (Wildman–Crippen LogP) is 6.65. The molecule has 3 aromatic carbocycles. The first kappa shape index (κ1) is 23.8. The lowest BCUT2D eigenvalue weighted by Crippen LogP contribution is -2.18. The number of nitro benzene ring substituents is 1. The number of ether oxygens (including phenoxy) is 1. The van der Waals surface area contributed by atoms with Crippen LogP contribution >= 0.6 is 0 Å². The highest BCUT2D eigenvalue weighted by molar-refractivity contribution is 6.03. The van der Waals surface area contributed by atoms with Crippen molar-refractivity contribution in [1.29, 1.82) is 0 Å². The molecule has 1 N–H and O–H groups in total. The van der Waals surface area contributed by atoms with Gasteiger partial charge in [0.1, 0.15) is 23.8 Å². The second-order valence-electron chi connectivity index (χ2n) is 8.80. The molecule has 1 aromatic heterocycles. The van der Waals surface area contributed by atoms with E-state index in [4.69, 9.17) is 9.15 Å². The van der Waals surface area contributed by atoms with Crippen LogP contribution in [0.25, 0.3) is 0 Å². The topological polar surface area (TPSA) is 94.6 Å². The van der Waals surface area contributed by atoms with Crippen LogP contribution in [-0.4, -0.2) is 10.8 Å². The minimum atomic E-state index is -0.573. The minimum absolute atomic E-state index is 0.0402. The first-order chi connectivity index (χ1) is 16.7. The number of rotatable bonds is 8. The Morgan fingerprint density at radius 3 is 2.34 bits per heavy atom. The van der Waals surface area contributed by atoms with Gasteiger partial charge in [0.05, 0.1) is 4.92 Å². The molecule has 7 heteroatoms. The van der Waals surface area contributed by atoms with Crippen LogP contribution in [0.3, 0.4) is 0 Å². The van der Waals surface area contributed by atoms with Crippen molar-refractivity contribution in [2.24, 2.45) is 0 Å². The smallest absolute Gasteiger partial charge is 0.293 e. The summed E-state index contributed by atoms with van der Waals surface area (Å²) in [5, 5.41) is 13.8. The normalized spacial score (nSPS) is 11.2. The molecule has 0 aliphatic rings. The largest absolute Gasteiger partial charge is 0.486 e. The third-order valence-electron chi connectivity index (χ3n) is 5.94. The number of furan rings is 1. The Bertz CT molecular complexity index is 1340. The van der Waals surface area contributed by atoms with Gasteiger partial charge in [0, 0.05) is 11.5 Å². The second-order valence-corrected chi connectivity index (χ2v) is 8.80. The number of hydrogen-bond acceptors (Lipinski definition) is 5. The Hall–Kier alpha value is -4.39. The molecule has 35 heavy (non-hydrogen) atoms. The first-order valence-corrected chi connectivity index (χ1v) is 11.2. The monoisotopic (exact) mass is 470 g/mol. The van der Waals surface area contributed by atoms with E-state index in [0.29, 0.717) is 11.5 Å². The van der Waals surface area contributed by atoms with Crippen LogP contribution in [0, 0.1) is 17.0 Å². The fraction of sp³-hybridized carbons (Fsp3) is 0.179. The number of hydrogen-bond donors (Lipinski definition) is 1. The number of amides is 1. The third kappa shape index (κ3) is 5.41. The van der Waals surface area contributed by atoms with Gasteiger partial charge in [-0.2, -0.15) is 0 Å². The zero-order valence-electron chi connectivity index (χ0n) is 19.8. The lowest BCUT2D eigenvalue weighted by Gasteiger charge is -2.26. The average Bonchev–Trinajstić information content (AvgIpc) is 3.34. The maximum Gasteiger partial charge on any atom is 0.293 e. The van der Waals surface area contributed by atoms with Crippen molar-refractivity contribution in [3.63, 3.8) is 0 Å². The molecule has 1 heterocycles. The molecule has 4 aromatic rings. The van der Waals surface area contributed by atoms with Gasteiger partial charge < -0.3 is 14.5 Å². The minimum Gasteiger partial charge on any atom is -0.486 e. The van der Waals surface area contributed by atoms with E-state index < -0.39 is 10.8 Å². The quantitative estimate of drug-likeness (QED) is 0.230. The lowest BCUT2D eigenvalue weighted by molar-refractivity contribution is -0.384. The van der Waals surface area contributed by atoms with Crippen LogP contribution in [0.5, 0.6) is 5.75 Å². The molecule has 1 amide bonds. The maximum atomic E-state index is 12.5. The zero-order valence-corrected chi connectivity index (χ0v) is 19.8. The summed E-state index contributed by atoms with van der Waals surface area (Å²) < 4.78 is 11.4. The molecule has 0 saturated carbocycles. The van der Waals surface area contributed by atoms with E-state index in [1.54, 1.807) is 19.1 Å². The Morgan fingerprint density at radius 1 is 0.971 bits per heavy atom. The predicted molar refractivity (Wildman–Crippen MR) is 134 cm³/mol. The van der Waals surface area contributed by atoms with Crippen LogP contribution < -0.4 is 10.1 Å².